The van der Waals surface area contributed by atoms with Gasteiger partial charge in [0.15, 0.2) is 11.4 Å². The van der Waals surface area contributed by atoms with Crippen LogP contribution in [0, 0.1) is 13.8 Å². The molecule has 4 aromatic rings. The van der Waals surface area contributed by atoms with E-state index in [2.05, 4.69) is 20.2 Å². The van der Waals surface area contributed by atoms with E-state index in [9.17, 15) is 4.79 Å². The van der Waals surface area contributed by atoms with E-state index in [0.29, 0.717) is 29.2 Å². The number of pyridine rings is 1. The van der Waals surface area contributed by atoms with Crippen molar-refractivity contribution < 1.29 is 9.32 Å². The summed E-state index contributed by atoms with van der Waals surface area (Å²) in [5, 5.41) is 8.34. The maximum absolute atomic E-state index is 12.9. The van der Waals surface area contributed by atoms with Gasteiger partial charge in [-0.1, -0.05) is 5.16 Å². The topological polar surface area (TPSA) is 89.4 Å². The first kappa shape index (κ1) is 16.9. The summed E-state index contributed by atoms with van der Waals surface area (Å²) in [6, 6.07) is 7.45. The maximum atomic E-state index is 12.9. The summed E-state index contributed by atoms with van der Waals surface area (Å²) in [6.45, 7) is 4.12. The Morgan fingerprint density at radius 1 is 1.22 bits per heavy atom. The van der Waals surface area contributed by atoms with E-state index in [4.69, 9.17) is 4.52 Å². The van der Waals surface area contributed by atoms with E-state index < -0.39 is 0 Å². The van der Waals surface area contributed by atoms with Crippen LogP contribution in [-0.4, -0.2) is 42.6 Å². The second kappa shape index (κ2) is 6.64. The first-order chi connectivity index (χ1) is 13.0. The molecule has 0 N–H and O–H groups in total. The number of aromatic nitrogens is 5. The van der Waals surface area contributed by atoms with Crippen molar-refractivity contribution in [3.8, 4) is 11.3 Å². The fraction of sp³-hybridized carbons (Fsp3) is 0.211. The molecule has 4 heterocycles. The van der Waals surface area contributed by atoms with Gasteiger partial charge >= 0.3 is 0 Å². The van der Waals surface area contributed by atoms with Gasteiger partial charge in [-0.15, -0.1) is 0 Å². The Morgan fingerprint density at radius 3 is 2.78 bits per heavy atom. The van der Waals surface area contributed by atoms with E-state index in [1.54, 1.807) is 35.1 Å². The summed E-state index contributed by atoms with van der Waals surface area (Å²) < 4.78 is 7.05. The average molecular weight is 362 g/mol. The molecule has 0 aliphatic carbocycles. The molecule has 0 fully saturated rings. The number of amides is 1. The number of carbonyl (C=O) groups excluding carboxylic acids is 1. The van der Waals surface area contributed by atoms with Crippen LogP contribution in [0.3, 0.4) is 0 Å². The van der Waals surface area contributed by atoms with E-state index in [-0.39, 0.29) is 5.91 Å². The minimum Gasteiger partial charge on any atom is -0.359 e. The molecule has 0 saturated carbocycles. The van der Waals surface area contributed by atoms with Gasteiger partial charge in [-0.3, -0.25) is 9.78 Å². The quantitative estimate of drug-likeness (QED) is 0.554. The molecule has 1 amide bonds. The lowest BCUT2D eigenvalue weighted by molar-refractivity contribution is 0.0774. The zero-order chi connectivity index (χ0) is 19.0. The summed E-state index contributed by atoms with van der Waals surface area (Å²) in [5.41, 5.74) is 4.40. The fourth-order valence-corrected chi connectivity index (χ4v) is 2.98. The SMILES string of the molecule is Cc1cc(C)n2ncc(C(=O)N(C)Cc3cc(-c4ccncc4)no3)c2n1. The number of nitrogens with zero attached hydrogens (tertiary/aromatic N) is 6. The molecule has 4 rings (SSSR count). The normalized spacial score (nSPS) is 11.1. The standard InChI is InChI=1S/C19H18N6O2/c1-12-8-13(2)25-18(22-12)16(10-21-25)19(26)24(3)11-15-9-17(23-27-15)14-4-6-20-7-5-14/h4-10H,11H2,1-3H3. The van der Waals surface area contributed by atoms with Crippen LogP contribution in [0.5, 0.6) is 0 Å². The molecule has 0 saturated heterocycles. The van der Waals surface area contributed by atoms with Crippen LogP contribution >= 0.6 is 0 Å². The molecule has 0 radical (unpaired) electrons. The Morgan fingerprint density at radius 2 is 2.00 bits per heavy atom. The van der Waals surface area contributed by atoms with Crippen LogP contribution in [0.4, 0.5) is 0 Å². The van der Waals surface area contributed by atoms with Crippen LogP contribution in [0.1, 0.15) is 27.5 Å². The van der Waals surface area contributed by atoms with Gasteiger partial charge in [0, 0.05) is 42.5 Å². The van der Waals surface area contributed by atoms with Crippen LogP contribution in [0.2, 0.25) is 0 Å². The zero-order valence-corrected chi connectivity index (χ0v) is 15.2. The van der Waals surface area contributed by atoms with Gasteiger partial charge in [-0.05, 0) is 32.0 Å². The third kappa shape index (κ3) is 3.17. The van der Waals surface area contributed by atoms with Crippen molar-refractivity contribution in [2.24, 2.45) is 0 Å². The second-order valence-electron chi connectivity index (χ2n) is 6.41. The third-order valence-electron chi connectivity index (χ3n) is 4.28. The molecule has 136 valence electrons. The fourth-order valence-electron chi connectivity index (χ4n) is 2.98. The smallest absolute Gasteiger partial charge is 0.259 e. The van der Waals surface area contributed by atoms with Gasteiger partial charge in [0.1, 0.15) is 11.3 Å². The Hall–Kier alpha value is -3.55. The van der Waals surface area contributed by atoms with Crippen molar-refractivity contribution in [1.82, 2.24) is 29.6 Å². The molecule has 8 nitrogen and oxygen atoms in total. The van der Waals surface area contributed by atoms with Gasteiger partial charge in [0.25, 0.3) is 5.91 Å². The van der Waals surface area contributed by atoms with Crippen LogP contribution in [0.25, 0.3) is 16.9 Å². The van der Waals surface area contributed by atoms with Gasteiger partial charge in [0.05, 0.1) is 12.7 Å². The molecular weight excluding hydrogens is 344 g/mol. The molecule has 0 aliphatic heterocycles. The molecule has 0 bridgehead atoms. The van der Waals surface area contributed by atoms with E-state index in [1.165, 1.54) is 0 Å². The van der Waals surface area contributed by atoms with Crippen LogP contribution in [0.15, 0.2) is 47.4 Å². The Balaban J connectivity index is 1.56. The highest BCUT2D eigenvalue weighted by molar-refractivity contribution is 5.99. The second-order valence-corrected chi connectivity index (χ2v) is 6.41. The van der Waals surface area contributed by atoms with E-state index in [1.807, 2.05) is 38.1 Å². The number of carbonyl (C=O) groups is 1. The van der Waals surface area contributed by atoms with Crippen molar-refractivity contribution in [3.63, 3.8) is 0 Å². The molecule has 0 spiro atoms. The van der Waals surface area contributed by atoms with Crippen molar-refractivity contribution in [2.45, 2.75) is 20.4 Å². The number of hydrogen-bond donors (Lipinski definition) is 0. The number of fused-ring (bicyclic) bond motifs is 1. The van der Waals surface area contributed by atoms with Crippen molar-refractivity contribution in [1.29, 1.82) is 0 Å². The molecule has 4 aromatic heterocycles. The minimum absolute atomic E-state index is 0.177. The first-order valence-electron chi connectivity index (χ1n) is 8.46. The molecule has 0 atom stereocenters. The largest absolute Gasteiger partial charge is 0.359 e. The maximum Gasteiger partial charge on any atom is 0.259 e. The molecule has 27 heavy (non-hydrogen) atoms. The molecular formula is C19H18N6O2. The van der Waals surface area contributed by atoms with Crippen molar-refractivity contribution in [3.05, 3.63) is 65.6 Å². The monoisotopic (exact) mass is 362 g/mol. The third-order valence-corrected chi connectivity index (χ3v) is 4.28. The highest BCUT2D eigenvalue weighted by Crippen LogP contribution is 2.20. The minimum atomic E-state index is -0.177. The Kier molecular flexibility index (Phi) is 4.15. The van der Waals surface area contributed by atoms with Gasteiger partial charge in [0.2, 0.25) is 0 Å². The van der Waals surface area contributed by atoms with E-state index >= 15 is 0 Å². The molecule has 8 heteroatoms. The molecule has 0 aromatic carbocycles. The molecule has 0 unspecified atom stereocenters. The summed E-state index contributed by atoms with van der Waals surface area (Å²) >= 11 is 0. The summed E-state index contributed by atoms with van der Waals surface area (Å²) in [5.74, 6) is 0.416. The first-order valence-corrected chi connectivity index (χ1v) is 8.46. The number of hydrogen-bond acceptors (Lipinski definition) is 6. The zero-order valence-electron chi connectivity index (χ0n) is 15.2. The summed E-state index contributed by atoms with van der Waals surface area (Å²) in [7, 11) is 1.71. The van der Waals surface area contributed by atoms with Gasteiger partial charge in [-0.2, -0.15) is 5.10 Å². The van der Waals surface area contributed by atoms with Crippen molar-refractivity contribution >= 4 is 11.6 Å². The van der Waals surface area contributed by atoms with Crippen molar-refractivity contribution in [2.75, 3.05) is 7.05 Å². The Labute approximate surface area is 155 Å². The average Bonchev–Trinajstić information content (AvgIpc) is 3.29. The predicted molar refractivity (Wildman–Crippen MR) is 98.0 cm³/mol. The Bertz CT molecular complexity index is 1120. The lowest BCUT2D eigenvalue weighted by Gasteiger charge is -2.14. The van der Waals surface area contributed by atoms with Crippen LogP contribution < -0.4 is 0 Å². The molecule has 0 aliphatic rings. The number of aryl methyl sites for hydroxylation is 2. The lowest BCUT2D eigenvalue weighted by atomic mass is 10.2. The van der Waals surface area contributed by atoms with Gasteiger partial charge in [-0.25, -0.2) is 9.50 Å². The van der Waals surface area contributed by atoms with Gasteiger partial charge < -0.3 is 9.42 Å². The van der Waals surface area contributed by atoms with Crippen LogP contribution in [-0.2, 0) is 6.54 Å². The highest BCUT2D eigenvalue weighted by atomic mass is 16.5. The summed E-state index contributed by atoms with van der Waals surface area (Å²) in [6.07, 6.45) is 4.94. The number of rotatable bonds is 4. The summed E-state index contributed by atoms with van der Waals surface area (Å²) in [4.78, 5) is 22.9. The lowest BCUT2D eigenvalue weighted by Crippen LogP contribution is -2.26. The van der Waals surface area contributed by atoms with E-state index in [0.717, 1.165) is 17.0 Å². The highest BCUT2D eigenvalue weighted by Gasteiger charge is 2.20. The predicted octanol–water partition coefficient (Wildman–Crippen LogP) is 2.67.